The normalized spacial score (nSPS) is 18.9. The van der Waals surface area contributed by atoms with Crippen molar-refractivity contribution >= 4 is 15.7 Å². The van der Waals surface area contributed by atoms with Crippen molar-refractivity contribution in [2.45, 2.75) is 33.4 Å². The van der Waals surface area contributed by atoms with Crippen molar-refractivity contribution in [1.29, 1.82) is 0 Å². The minimum atomic E-state index is -3.00. The van der Waals surface area contributed by atoms with E-state index < -0.39 is 15.9 Å². The van der Waals surface area contributed by atoms with E-state index in [4.69, 9.17) is 0 Å². The Kier molecular flexibility index (Phi) is 6.74. The van der Waals surface area contributed by atoms with E-state index in [9.17, 15) is 13.2 Å². The van der Waals surface area contributed by atoms with Crippen LogP contribution in [0.5, 0.6) is 0 Å². The summed E-state index contributed by atoms with van der Waals surface area (Å²) in [7, 11) is -3.00. The zero-order valence-corrected chi connectivity index (χ0v) is 18.2. The topological polar surface area (TPSA) is 84.3 Å². The molecule has 1 fully saturated rings. The van der Waals surface area contributed by atoms with Gasteiger partial charge in [-0.05, 0) is 31.4 Å². The van der Waals surface area contributed by atoms with Gasteiger partial charge in [-0.15, -0.1) is 0 Å². The third-order valence-corrected chi connectivity index (χ3v) is 6.93. The summed E-state index contributed by atoms with van der Waals surface area (Å²) < 4.78 is 25.6. The molecule has 2 aromatic rings. The Hall–Kier alpha value is -2.19. The van der Waals surface area contributed by atoms with Crippen LogP contribution in [0.1, 0.15) is 29.9 Å². The van der Waals surface area contributed by atoms with Gasteiger partial charge in [0, 0.05) is 31.9 Å². The molecular formula is C21H30N4O3S. The fraction of sp³-hybridized carbons (Fsp3) is 0.524. The molecule has 1 N–H and O–H groups in total. The van der Waals surface area contributed by atoms with E-state index in [1.807, 2.05) is 59.8 Å². The summed E-state index contributed by atoms with van der Waals surface area (Å²) in [5.41, 5.74) is 2.98. The lowest BCUT2D eigenvalue weighted by Gasteiger charge is -2.34. The van der Waals surface area contributed by atoms with Gasteiger partial charge in [-0.1, -0.05) is 37.3 Å². The third kappa shape index (κ3) is 5.67. The van der Waals surface area contributed by atoms with Crippen LogP contribution in [0.25, 0.3) is 0 Å². The molecule has 1 aromatic carbocycles. The molecule has 0 aliphatic carbocycles. The monoisotopic (exact) mass is 418 g/mol. The van der Waals surface area contributed by atoms with Crippen molar-refractivity contribution in [3.63, 3.8) is 0 Å². The number of rotatable bonds is 7. The van der Waals surface area contributed by atoms with E-state index in [1.54, 1.807) is 0 Å². The van der Waals surface area contributed by atoms with E-state index in [0.717, 1.165) is 23.5 Å². The molecule has 0 radical (unpaired) electrons. The van der Waals surface area contributed by atoms with Crippen LogP contribution in [0, 0.1) is 19.8 Å². The first kappa shape index (κ1) is 21.5. The predicted molar refractivity (Wildman–Crippen MR) is 113 cm³/mol. The molecule has 2 atom stereocenters. The van der Waals surface area contributed by atoms with Gasteiger partial charge in [0.05, 0.1) is 17.2 Å². The van der Waals surface area contributed by atoms with Crippen molar-refractivity contribution in [2.24, 2.45) is 5.92 Å². The van der Waals surface area contributed by atoms with Crippen LogP contribution in [0.15, 0.2) is 36.4 Å². The molecule has 1 aliphatic heterocycles. The maximum absolute atomic E-state index is 13.1. The van der Waals surface area contributed by atoms with Crippen LogP contribution in [0.4, 0.5) is 0 Å². The molecule has 0 bridgehead atoms. The second-order valence-corrected chi connectivity index (χ2v) is 10.3. The minimum Gasteiger partial charge on any atom is -0.354 e. The molecule has 2 unspecified atom stereocenters. The van der Waals surface area contributed by atoms with Gasteiger partial charge in [-0.3, -0.25) is 14.4 Å². The van der Waals surface area contributed by atoms with E-state index in [2.05, 4.69) is 17.3 Å². The number of amides is 1. The Morgan fingerprint density at radius 3 is 2.41 bits per heavy atom. The van der Waals surface area contributed by atoms with Crippen molar-refractivity contribution in [2.75, 3.05) is 31.1 Å². The van der Waals surface area contributed by atoms with Crippen LogP contribution in [-0.4, -0.2) is 60.1 Å². The third-order valence-electron chi connectivity index (χ3n) is 5.32. The maximum atomic E-state index is 13.1. The average molecular weight is 419 g/mol. The first-order chi connectivity index (χ1) is 13.7. The van der Waals surface area contributed by atoms with E-state index >= 15 is 0 Å². The molecule has 158 valence electrons. The standard InChI is InChI=1S/C21H30N4O3S/c1-16(15-25-18(3)13-17(2)23-25)14-22-21(26)20(19-7-5-4-6-8-19)24-9-11-29(27,28)12-10-24/h4-8,13,16,20H,9-12,14-15H2,1-3H3,(H,22,26). The van der Waals surface area contributed by atoms with E-state index in [-0.39, 0.29) is 23.3 Å². The maximum Gasteiger partial charge on any atom is 0.241 e. The molecule has 1 aliphatic rings. The molecule has 1 aromatic heterocycles. The van der Waals surface area contributed by atoms with Gasteiger partial charge in [-0.2, -0.15) is 5.10 Å². The number of sulfone groups is 1. The van der Waals surface area contributed by atoms with Crippen LogP contribution in [0.3, 0.4) is 0 Å². The summed E-state index contributed by atoms with van der Waals surface area (Å²) >= 11 is 0. The molecule has 8 heteroatoms. The molecule has 2 heterocycles. The first-order valence-electron chi connectivity index (χ1n) is 10.0. The average Bonchev–Trinajstić information content (AvgIpc) is 2.99. The van der Waals surface area contributed by atoms with Gasteiger partial charge in [0.15, 0.2) is 9.84 Å². The van der Waals surface area contributed by atoms with Gasteiger partial charge < -0.3 is 5.32 Å². The summed E-state index contributed by atoms with van der Waals surface area (Å²) in [6, 6.07) is 11.1. The molecule has 29 heavy (non-hydrogen) atoms. The zero-order valence-electron chi connectivity index (χ0n) is 17.3. The first-order valence-corrected chi connectivity index (χ1v) is 11.9. The van der Waals surface area contributed by atoms with Crippen molar-refractivity contribution in [1.82, 2.24) is 20.0 Å². The lowest BCUT2D eigenvalue weighted by Crippen LogP contribution is -2.48. The Morgan fingerprint density at radius 1 is 1.17 bits per heavy atom. The second-order valence-electron chi connectivity index (χ2n) is 7.96. The summed E-state index contributed by atoms with van der Waals surface area (Å²) in [5.74, 6) is 0.321. The Bertz CT molecular complexity index is 926. The SMILES string of the molecule is Cc1cc(C)n(CC(C)CNC(=O)C(c2ccccc2)N2CCS(=O)(=O)CC2)n1. The molecule has 3 rings (SSSR count). The fourth-order valence-electron chi connectivity index (χ4n) is 3.74. The smallest absolute Gasteiger partial charge is 0.241 e. The number of carbonyl (C=O) groups is 1. The lowest BCUT2D eigenvalue weighted by molar-refractivity contribution is -0.126. The summed E-state index contributed by atoms with van der Waals surface area (Å²) in [6.45, 7) is 8.10. The highest BCUT2D eigenvalue weighted by Gasteiger charge is 2.32. The van der Waals surface area contributed by atoms with E-state index in [0.29, 0.717) is 19.6 Å². The Morgan fingerprint density at radius 2 is 1.83 bits per heavy atom. The number of nitrogens with one attached hydrogen (secondary N) is 1. The van der Waals surface area contributed by atoms with Crippen LogP contribution >= 0.6 is 0 Å². The predicted octanol–water partition coefficient (Wildman–Crippen LogP) is 1.72. The second kappa shape index (κ2) is 9.09. The minimum absolute atomic E-state index is 0.0873. The number of aromatic nitrogens is 2. The molecule has 1 amide bonds. The zero-order chi connectivity index (χ0) is 21.0. The van der Waals surface area contributed by atoms with Crippen LogP contribution in [0.2, 0.25) is 0 Å². The number of nitrogens with zero attached hydrogens (tertiary/aromatic N) is 3. The molecular weight excluding hydrogens is 388 g/mol. The molecule has 0 spiro atoms. The number of benzene rings is 1. The number of carbonyl (C=O) groups excluding carboxylic acids is 1. The van der Waals surface area contributed by atoms with Crippen molar-refractivity contribution < 1.29 is 13.2 Å². The van der Waals surface area contributed by atoms with Gasteiger partial charge >= 0.3 is 0 Å². The molecule has 7 nitrogen and oxygen atoms in total. The summed E-state index contributed by atoms with van der Waals surface area (Å²) in [4.78, 5) is 15.1. The number of aryl methyl sites for hydroxylation is 2. The highest BCUT2D eigenvalue weighted by Crippen LogP contribution is 2.23. The molecule has 1 saturated heterocycles. The molecule has 0 saturated carbocycles. The van der Waals surface area contributed by atoms with Crippen LogP contribution < -0.4 is 5.32 Å². The van der Waals surface area contributed by atoms with Crippen molar-refractivity contribution in [3.05, 3.63) is 53.3 Å². The fourth-order valence-corrected chi connectivity index (χ4v) is 4.97. The summed E-state index contributed by atoms with van der Waals surface area (Å²) in [5, 5.41) is 7.56. The summed E-state index contributed by atoms with van der Waals surface area (Å²) in [6.07, 6.45) is 0. The number of hydrogen-bond acceptors (Lipinski definition) is 5. The van der Waals surface area contributed by atoms with E-state index in [1.165, 1.54) is 0 Å². The quantitative estimate of drug-likeness (QED) is 0.740. The highest BCUT2D eigenvalue weighted by atomic mass is 32.2. The lowest BCUT2D eigenvalue weighted by atomic mass is 10.0. The van der Waals surface area contributed by atoms with Gasteiger partial charge in [0.25, 0.3) is 0 Å². The van der Waals surface area contributed by atoms with Gasteiger partial charge in [0.1, 0.15) is 6.04 Å². The van der Waals surface area contributed by atoms with Crippen LogP contribution in [-0.2, 0) is 21.2 Å². The van der Waals surface area contributed by atoms with Gasteiger partial charge in [-0.25, -0.2) is 8.42 Å². The van der Waals surface area contributed by atoms with Crippen molar-refractivity contribution in [3.8, 4) is 0 Å². The largest absolute Gasteiger partial charge is 0.354 e. The van der Waals surface area contributed by atoms with Gasteiger partial charge in [0.2, 0.25) is 5.91 Å². The Labute approximate surface area is 173 Å². The number of hydrogen-bond donors (Lipinski definition) is 1. The highest BCUT2D eigenvalue weighted by molar-refractivity contribution is 7.91. The Balaban J connectivity index is 1.66.